The van der Waals surface area contributed by atoms with Gasteiger partial charge in [-0.05, 0) is 110 Å². The highest BCUT2D eigenvalue weighted by Gasteiger charge is 2.25. The van der Waals surface area contributed by atoms with E-state index in [1.54, 1.807) is 24.3 Å². The zero-order chi connectivity index (χ0) is 23.7. The number of fused-ring (bicyclic) bond motifs is 2. The number of rotatable bonds is 5. The van der Waals surface area contributed by atoms with Crippen molar-refractivity contribution in [2.45, 2.75) is 51.0 Å². The fourth-order valence-corrected chi connectivity index (χ4v) is 5.45. The van der Waals surface area contributed by atoms with Gasteiger partial charge in [0.2, 0.25) is 5.28 Å². The molecule has 172 valence electrons. The van der Waals surface area contributed by atoms with Gasteiger partial charge in [-0.15, -0.1) is 0 Å². The van der Waals surface area contributed by atoms with Crippen molar-refractivity contribution < 1.29 is 4.39 Å². The predicted molar refractivity (Wildman–Crippen MR) is 133 cm³/mol. The maximum Gasteiger partial charge on any atom is 0.224 e. The van der Waals surface area contributed by atoms with Crippen molar-refractivity contribution in [3.8, 4) is 6.07 Å². The van der Waals surface area contributed by atoms with E-state index in [2.05, 4.69) is 39.3 Å². The van der Waals surface area contributed by atoms with Crippen LogP contribution in [0.25, 0.3) is 21.8 Å². The predicted octanol–water partition coefficient (Wildman–Crippen LogP) is 7.01. The molecule has 0 bridgehead atoms. The fraction of sp³-hybridized carbons (Fsp3) is 0.333. The third kappa shape index (κ3) is 4.67. The van der Waals surface area contributed by atoms with Crippen LogP contribution in [-0.2, 0) is 0 Å². The molecule has 2 aromatic carbocycles. The van der Waals surface area contributed by atoms with Crippen LogP contribution >= 0.6 is 11.6 Å². The second-order valence-electron chi connectivity index (χ2n) is 9.25. The second-order valence-corrected chi connectivity index (χ2v) is 9.58. The van der Waals surface area contributed by atoms with Gasteiger partial charge in [-0.1, -0.05) is 0 Å². The van der Waals surface area contributed by atoms with Crippen molar-refractivity contribution in [1.29, 1.82) is 5.26 Å². The van der Waals surface area contributed by atoms with Crippen LogP contribution in [0.2, 0.25) is 5.28 Å². The van der Waals surface area contributed by atoms with Gasteiger partial charge in [-0.3, -0.25) is 4.98 Å². The molecule has 1 saturated carbocycles. The van der Waals surface area contributed by atoms with E-state index >= 15 is 0 Å². The van der Waals surface area contributed by atoms with Crippen molar-refractivity contribution in [3.05, 3.63) is 70.9 Å². The van der Waals surface area contributed by atoms with Gasteiger partial charge in [0.1, 0.15) is 11.6 Å². The van der Waals surface area contributed by atoms with E-state index in [-0.39, 0.29) is 17.1 Å². The van der Waals surface area contributed by atoms with Crippen LogP contribution < -0.4 is 5.32 Å². The molecule has 34 heavy (non-hydrogen) atoms. The highest BCUT2D eigenvalue weighted by Crippen LogP contribution is 2.40. The molecule has 1 atom stereocenters. The molecule has 1 aliphatic carbocycles. The summed E-state index contributed by atoms with van der Waals surface area (Å²) in [4.78, 5) is 13.1. The third-order valence-corrected chi connectivity index (χ3v) is 7.06. The van der Waals surface area contributed by atoms with Crippen LogP contribution in [0, 0.1) is 23.1 Å². The lowest BCUT2D eigenvalue weighted by atomic mass is 9.76. The molecule has 0 unspecified atom stereocenters. The van der Waals surface area contributed by atoms with E-state index in [1.165, 1.54) is 11.6 Å². The molecule has 7 heteroatoms. The Kier molecular flexibility index (Phi) is 6.30. The monoisotopic (exact) mass is 473 g/mol. The molecule has 2 aromatic heterocycles. The van der Waals surface area contributed by atoms with Crippen LogP contribution in [-0.4, -0.2) is 21.0 Å². The number of hydrogen-bond donors (Lipinski definition) is 1. The molecular formula is C27H25ClFN5. The Bertz CT molecular complexity index is 1390. The van der Waals surface area contributed by atoms with Gasteiger partial charge in [0.25, 0.3) is 0 Å². The van der Waals surface area contributed by atoms with Gasteiger partial charge in [0.15, 0.2) is 0 Å². The summed E-state index contributed by atoms with van der Waals surface area (Å²) in [5.41, 5.74) is 3.28. The standard InChI is InChI=1S/C27H25ClFN5/c1-16(32-26-22-8-4-18(15-30)13-25(22)33-27(28)34-26)12-17-2-5-19(6-3-17)21-10-11-31-24-9-7-20(29)14-23(21)24/h4,7-11,13-14,16-17,19H,2-3,5-6,12H2,1H3,(H,32,33,34)/t16-,17-,19+/m1/s1. The molecule has 5 rings (SSSR count). The average molecular weight is 474 g/mol. The highest BCUT2D eigenvalue weighted by atomic mass is 35.5. The first kappa shape index (κ1) is 22.5. The first-order valence-electron chi connectivity index (χ1n) is 11.7. The number of hydrogen-bond acceptors (Lipinski definition) is 5. The highest BCUT2D eigenvalue weighted by molar-refractivity contribution is 6.28. The summed E-state index contributed by atoms with van der Waals surface area (Å²) < 4.78 is 13.9. The van der Waals surface area contributed by atoms with Crippen molar-refractivity contribution in [2.24, 2.45) is 5.92 Å². The third-order valence-electron chi connectivity index (χ3n) is 6.89. The molecule has 0 radical (unpaired) electrons. The summed E-state index contributed by atoms with van der Waals surface area (Å²) in [5, 5.41) is 14.6. The number of aromatic nitrogens is 3. The number of anilines is 1. The van der Waals surface area contributed by atoms with Crippen molar-refractivity contribution >= 4 is 39.2 Å². The van der Waals surface area contributed by atoms with E-state index < -0.39 is 0 Å². The van der Waals surface area contributed by atoms with Gasteiger partial charge < -0.3 is 5.32 Å². The smallest absolute Gasteiger partial charge is 0.224 e. The molecule has 5 nitrogen and oxygen atoms in total. The second kappa shape index (κ2) is 9.52. The minimum atomic E-state index is -0.212. The first-order chi connectivity index (χ1) is 16.5. The van der Waals surface area contributed by atoms with Gasteiger partial charge in [0.05, 0.1) is 22.7 Å². The van der Waals surface area contributed by atoms with E-state index in [0.29, 0.717) is 28.7 Å². The Balaban J connectivity index is 1.25. The number of halogens is 2. The Morgan fingerprint density at radius 1 is 1.06 bits per heavy atom. The molecule has 0 spiro atoms. The SMILES string of the molecule is C[C@H](C[C@H]1CC[C@@H](c2ccnc3ccc(F)cc32)CC1)Nc1nc(Cl)nc2cc(C#N)ccc12. The minimum absolute atomic E-state index is 0.166. The Morgan fingerprint density at radius 2 is 1.88 bits per heavy atom. The quantitative estimate of drug-likeness (QED) is 0.315. The molecule has 4 aromatic rings. The van der Waals surface area contributed by atoms with Gasteiger partial charge in [0, 0.05) is 23.0 Å². The summed E-state index contributed by atoms with van der Waals surface area (Å²) in [6.45, 7) is 2.16. The number of benzene rings is 2. The van der Waals surface area contributed by atoms with E-state index in [1.807, 2.05) is 12.3 Å². The van der Waals surface area contributed by atoms with Crippen LogP contribution in [0.5, 0.6) is 0 Å². The van der Waals surface area contributed by atoms with E-state index in [4.69, 9.17) is 16.9 Å². The van der Waals surface area contributed by atoms with Crippen LogP contribution in [0.15, 0.2) is 48.7 Å². The average Bonchev–Trinajstić information content (AvgIpc) is 2.83. The van der Waals surface area contributed by atoms with Crippen LogP contribution in [0.3, 0.4) is 0 Å². The zero-order valence-corrected chi connectivity index (χ0v) is 19.7. The van der Waals surface area contributed by atoms with Crippen molar-refractivity contribution in [3.63, 3.8) is 0 Å². The fourth-order valence-electron chi connectivity index (χ4n) is 5.28. The van der Waals surface area contributed by atoms with E-state index in [0.717, 1.165) is 48.4 Å². The summed E-state index contributed by atoms with van der Waals surface area (Å²) in [5.74, 6) is 1.53. The first-order valence-corrected chi connectivity index (χ1v) is 12.1. The maximum atomic E-state index is 13.9. The number of pyridine rings is 1. The molecule has 0 saturated heterocycles. The van der Waals surface area contributed by atoms with Crippen molar-refractivity contribution in [1.82, 2.24) is 15.0 Å². The zero-order valence-electron chi connectivity index (χ0n) is 18.9. The summed E-state index contributed by atoms with van der Waals surface area (Å²) in [6, 6.07) is 14.6. The molecule has 1 aliphatic rings. The molecule has 2 heterocycles. The Labute approximate surface area is 203 Å². The summed E-state index contributed by atoms with van der Waals surface area (Å²) in [6.07, 6.45) is 7.31. The largest absolute Gasteiger partial charge is 0.367 e. The van der Waals surface area contributed by atoms with Crippen LogP contribution in [0.4, 0.5) is 10.2 Å². The lowest BCUT2D eigenvalue weighted by Gasteiger charge is -2.31. The maximum absolute atomic E-state index is 13.9. The van der Waals surface area contributed by atoms with Gasteiger partial charge >= 0.3 is 0 Å². The van der Waals surface area contributed by atoms with E-state index in [9.17, 15) is 4.39 Å². The lowest BCUT2D eigenvalue weighted by molar-refractivity contribution is 0.302. The minimum Gasteiger partial charge on any atom is -0.367 e. The molecule has 0 aliphatic heterocycles. The Morgan fingerprint density at radius 3 is 2.68 bits per heavy atom. The normalized spacial score (nSPS) is 19.1. The lowest BCUT2D eigenvalue weighted by Crippen LogP contribution is -2.23. The number of nitrogens with one attached hydrogen (secondary N) is 1. The van der Waals surface area contributed by atoms with Gasteiger partial charge in [-0.25, -0.2) is 14.4 Å². The summed E-state index contributed by atoms with van der Waals surface area (Å²) in [7, 11) is 0. The summed E-state index contributed by atoms with van der Waals surface area (Å²) >= 11 is 6.15. The molecule has 1 N–H and O–H groups in total. The number of nitrogens with zero attached hydrogens (tertiary/aromatic N) is 4. The number of nitriles is 1. The molecule has 1 fully saturated rings. The molecular weight excluding hydrogens is 449 g/mol. The Hall–Kier alpha value is -3.30. The molecule has 0 amide bonds. The van der Waals surface area contributed by atoms with Gasteiger partial charge in [-0.2, -0.15) is 5.26 Å². The topological polar surface area (TPSA) is 74.5 Å². The van der Waals surface area contributed by atoms with Crippen molar-refractivity contribution in [2.75, 3.05) is 5.32 Å². The van der Waals surface area contributed by atoms with Crippen LogP contribution in [0.1, 0.15) is 56.1 Å².